The molecule has 1 heterocycles. The van der Waals surface area contributed by atoms with Gasteiger partial charge in [0.15, 0.2) is 17.5 Å². The Bertz CT molecular complexity index is 466. The van der Waals surface area contributed by atoms with Gasteiger partial charge in [0, 0.05) is 20.1 Å². The van der Waals surface area contributed by atoms with Crippen molar-refractivity contribution in [1.29, 1.82) is 0 Å². The van der Waals surface area contributed by atoms with Gasteiger partial charge in [-0.3, -0.25) is 4.99 Å². The Balaban J connectivity index is 0.00000200. The Hall–Kier alpha value is -1.18. The maximum Gasteiger partial charge on any atom is 0.194 e. The van der Waals surface area contributed by atoms with Crippen molar-refractivity contribution >= 4 is 29.9 Å². The van der Waals surface area contributed by atoms with Crippen molar-refractivity contribution in [3.05, 3.63) is 23.8 Å². The molecule has 0 fully saturated rings. The second-order valence-corrected chi connectivity index (χ2v) is 4.40. The summed E-state index contributed by atoms with van der Waals surface area (Å²) in [6.45, 7) is 5.17. The Kier molecular flexibility index (Phi) is 6.90. The predicted octanol–water partition coefficient (Wildman–Crippen LogP) is 2.10. The SMILES string of the molecule is CCOc1ccc(CNC2=NCCN2C)cc1OC.I. The van der Waals surface area contributed by atoms with E-state index in [2.05, 4.69) is 15.2 Å². The van der Waals surface area contributed by atoms with Crippen molar-refractivity contribution in [3.63, 3.8) is 0 Å². The standard InChI is InChI=1S/C14H21N3O2.HI/c1-4-19-12-6-5-11(9-13(12)18-3)10-16-14-15-7-8-17(14)2;/h5-6,9H,4,7-8,10H2,1-3H3,(H,15,16);1H. The van der Waals surface area contributed by atoms with Crippen molar-refractivity contribution in [3.8, 4) is 11.5 Å². The molecule has 1 N–H and O–H groups in total. The average Bonchev–Trinajstić information content (AvgIpc) is 2.83. The molecule has 2 rings (SSSR count). The fourth-order valence-corrected chi connectivity index (χ4v) is 2.00. The van der Waals surface area contributed by atoms with E-state index in [-0.39, 0.29) is 24.0 Å². The van der Waals surface area contributed by atoms with E-state index in [1.165, 1.54) is 0 Å². The molecule has 0 bridgehead atoms. The number of hydrogen-bond acceptors (Lipinski definition) is 5. The molecule has 1 aromatic rings. The van der Waals surface area contributed by atoms with Gasteiger partial charge in [-0.2, -0.15) is 0 Å². The van der Waals surface area contributed by atoms with Crippen LogP contribution in [0.1, 0.15) is 12.5 Å². The molecule has 0 amide bonds. The van der Waals surface area contributed by atoms with Gasteiger partial charge >= 0.3 is 0 Å². The van der Waals surface area contributed by atoms with E-state index in [1.54, 1.807) is 7.11 Å². The van der Waals surface area contributed by atoms with E-state index < -0.39 is 0 Å². The molecule has 1 aliphatic rings. The molecule has 1 aromatic carbocycles. The first kappa shape index (κ1) is 16.9. The van der Waals surface area contributed by atoms with Crippen molar-refractivity contribution in [2.45, 2.75) is 13.5 Å². The number of rotatable bonds is 5. The molecule has 0 aliphatic carbocycles. The van der Waals surface area contributed by atoms with Crippen LogP contribution in [0.5, 0.6) is 11.5 Å². The monoisotopic (exact) mass is 391 g/mol. The summed E-state index contributed by atoms with van der Waals surface area (Å²) in [5, 5.41) is 3.33. The van der Waals surface area contributed by atoms with Crippen molar-refractivity contribution in [2.24, 2.45) is 4.99 Å². The predicted molar refractivity (Wildman–Crippen MR) is 91.3 cm³/mol. The summed E-state index contributed by atoms with van der Waals surface area (Å²) < 4.78 is 10.8. The topological polar surface area (TPSA) is 46.1 Å². The second kappa shape index (κ2) is 8.18. The minimum Gasteiger partial charge on any atom is -0.493 e. The van der Waals surface area contributed by atoms with Crippen molar-refractivity contribution < 1.29 is 9.47 Å². The zero-order valence-corrected chi connectivity index (χ0v) is 14.5. The van der Waals surface area contributed by atoms with Gasteiger partial charge in [0.25, 0.3) is 0 Å². The molecule has 0 radical (unpaired) electrons. The van der Waals surface area contributed by atoms with Gasteiger partial charge in [0.2, 0.25) is 0 Å². The Labute approximate surface area is 137 Å². The molecule has 0 aromatic heterocycles. The van der Waals surface area contributed by atoms with E-state index in [1.807, 2.05) is 32.2 Å². The first-order valence-corrected chi connectivity index (χ1v) is 6.53. The number of aliphatic imine (C=N–C) groups is 1. The van der Waals surface area contributed by atoms with Crippen LogP contribution in [0.25, 0.3) is 0 Å². The fraction of sp³-hybridized carbons (Fsp3) is 0.500. The van der Waals surface area contributed by atoms with Crippen LogP contribution in [-0.2, 0) is 6.54 Å². The van der Waals surface area contributed by atoms with E-state index >= 15 is 0 Å². The van der Waals surface area contributed by atoms with E-state index in [0.717, 1.165) is 42.7 Å². The summed E-state index contributed by atoms with van der Waals surface area (Å²) in [5.41, 5.74) is 1.14. The summed E-state index contributed by atoms with van der Waals surface area (Å²) >= 11 is 0. The number of guanidine groups is 1. The first-order chi connectivity index (χ1) is 9.24. The number of nitrogens with zero attached hydrogens (tertiary/aromatic N) is 2. The van der Waals surface area contributed by atoms with Crippen molar-refractivity contribution in [2.75, 3.05) is 33.9 Å². The smallest absolute Gasteiger partial charge is 0.194 e. The highest BCUT2D eigenvalue weighted by atomic mass is 127. The van der Waals surface area contributed by atoms with Crippen LogP contribution in [0.4, 0.5) is 0 Å². The number of methoxy groups -OCH3 is 1. The third-order valence-corrected chi connectivity index (χ3v) is 3.04. The van der Waals surface area contributed by atoms with Gasteiger partial charge < -0.3 is 19.7 Å². The lowest BCUT2D eigenvalue weighted by Crippen LogP contribution is -2.35. The van der Waals surface area contributed by atoms with Gasteiger partial charge in [-0.1, -0.05) is 6.07 Å². The lowest BCUT2D eigenvalue weighted by atomic mass is 10.2. The highest BCUT2D eigenvalue weighted by Gasteiger charge is 2.12. The van der Waals surface area contributed by atoms with Crippen LogP contribution in [0.2, 0.25) is 0 Å². The van der Waals surface area contributed by atoms with Crippen LogP contribution >= 0.6 is 24.0 Å². The molecular formula is C14H22IN3O2. The molecule has 0 atom stereocenters. The number of likely N-dealkylation sites (N-methyl/N-ethyl adjacent to an activating group) is 1. The Morgan fingerprint density at radius 3 is 2.75 bits per heavy atom. The van der Waals surface area contributed by atoms with Gasteiger partial charge in [-0.15, -0.1) is 24.0 Å². The molecule has 1 aliphatic heterocycles. The summed E-state index contributed by atoms with van der Waals surface area (Å²) in [6.07, 6.45) is 0. The van der Waals surface area contributed by atoms with Crippen LogP contribution in [0.3, 0.4) is 0 Å². The maximum atomic E-state index is 5.50. The van der Waals surface area contributed by atoms with Gasteiger partial charge in [0.05, 0.1) is 20.3 Å². The molecular weight excluding hydrogens is 369 g/mol. The number of ether oxygens (including phenoxy) is 2. The van der Waals surface area contributed by atoms with Gasteiger partial charge in [-0.25, -0.2) is 0 Å². The largest absolute Gasteiger partial charge is 0.493 e. The van der Waals surface area contributed by atoms with Gasteiger partial charge in [-0.05, 0) is 24.6 Å². The number of benzene rings is 1. The summed E-state index contributed by atoms with van der Waals surface area (Å²) in [4.78, 5) is 6.51. The van der Waals surface area contributed by atoms with Crippen LogP contribution in [-0.4, -0.2) is 44.7 Å². The normalized spacial score (nSPS) is 13.6. The highest BCUT2D eigenvalue weighted by molar-refractivity contribution is 14.0. The van der Waals surface area contributed by atoms with Gasteiger partial charge in [0.1, 0.15) is 0 Å². The number of nitrogens with one attached hydrogen (secondary N) is 1. The molecule has 112 valence electrons. The number of halogens is 1. The minimum atomic E-state index is 0. The molecule has 0 spiro atoms. The zero-order valence-electron chi connectivity index (χ0n) is 12.2. The Morgan fingerprint density at radius 1 is 1.35 bits per heavy atom. The van der Waals surface area contributed by atoms with E-state index in [0.29, 0.717) is 6.61 Å². The maximum absolute atomic E-state index is 5.50. The second-order valence-electron chi connectivity index (χ2n) is 4.40. The third kappa shape index (κ3) is 4.16. The highest BCUT2D eigenvalue weighted by Crippen LogP contribution is 2.27. The quantitative estimate of drug-likeness (QED) is 0.782. The number of hydrogen-bond donors (Lipinski definition) is 1. The fourth-order valence-electron chi connectivity index (χ4n) is 2.00. The molecule has 0 saturated heterocycles. The average molecular weight is 391 g/mol. The lowest BCUT2D eigenvalue weighted by Gasteiger charge is -2.16. The van der Waals surface area contributed by atoms with Crippen molar-refractivity contribution in [1.82, 2.24) is 10.2 Å². The summed E-state index contributed by atoms with van der Waals surface area (Å²) in [5.74, 6) is 2.50. The molecule has 20 heavy (non-hydrogen) atoms. The Morgan fingerprint density at radius 2 is 2.15 bits per heavy atom. The van der Waals surface area contributed by atoms with Crippen LogP contribution in [0, 0.1) is 0 Å². The molecule has 5 nitrogen and oxygen atoms in total. The zero-order chi connectivity index (χ0) is 13.7. The molecule has 0 saturated carbocycles. The van der Waals surface area contributed by atoms with Crippen LogP contribution in [0.15, 0.2) is 23.2 Å². The first-order valence-electron chi connectivity index (χ1n) is 6.53. The van der Waals surface area contributed by atoms with Crippen LogP contribution < -0.4 is 14.8 Å². The molecule has 6 heteroatoms. The minimum absolute atomic E-state index is 0. The van der Waals surface area contributed by atoms with E-state index in [4.69, 9.17) is 9.47 Å². The molecule has 0 unspecified atom stereocenters. The summed E-state index contributed by atoms with van der Waals surface area (Å²) in [7, 11) is 3.70. The lowest BCUT2D eigenvalue weighted by molar-refractivity contribution is 0.310. The summed E-state index contributed by atoms with van der Waals surface area (Å²) in [6, 6.07) is 5.98. The third-order valence-electron chi connectivity index (χ3n) is 3.04. The van der Waals surface area contributed by atoms with E-state index in [9.17, 15) is 0 Å².